The zero-order valence-electron chi connectivity index (χ0n) is 12.3. The zero-order chi connectivity index (χ0) is 16.1. The summed E-state index contributed by atoms with van der Waals surface area (Å²) in [5.74, 6) is 0.144. The molecule has 116 valence electrons. The maximum absolute atomic E-state index is 12.9. The zero-order valence-corrected chi connectivity index (χ0v) is 14.5. The van der Waals surface area contributed by atoms with Crippen LogP contribution in [0.25, 0.3) is 0 Å². The predicted molar refractivity (Wildman–Crippen MR) is 92.2 cm³/mol. The Morgan fingerprint density at radius 2 is 1.68 bits per heavy atom. The molecular formula is C17H17FINO2. The molecule has 0 spiro atoms. The van der Waals surface area contributed by atoms with Gasteiger partial charge in [0.15, 0.2) is 6.10 Å². The second kappa shape index (κ2) is 7.58. The molecule has 2 aromatic rings. The van der Waals surface area contributed by atoms with Gasteiger partial charge in [0.1, 0.15) is 11.6 Å². The maximum Gasteiger partial charge on any atom is 0.261 e. The van der Waals surface area contributed by atoms with E-state index in [2.05, 4.69) is 27.9 Å². The Balaban J connectivity index is 1.93. The molecule has 1 amide bonds. The van der Waals surface area contributed by atoms with Gasteiger partial charge in [0.05, 0.1) is 6.04 Å². The number of hydrogen-bond donors (Lipinski definition) is 1. The van der Waals surface area contributed by atoms with Crippen molar-refractivity contribution in [1.82, 2.24) is 5.32 Å². The van der Waals surface area contributed by atoms with E-state index in [1.807, 2.05) is 31.2 Å². The van der Waals surface area contributed by atoms with E-state index in [9.17, 15) is 9.18 Å². The Kier molecular flexibility index (Phi) is 5.76. The van der Waals surface area contributed by atoms with E-state index in [-0.39, 0.29) is 17.8 Å². The van der Waals surface area contributed by atoms with E-state index in [1.165, 1.54) is 12.1 Å². The van der Waals surface area contributed by atoms with Crippen molar-refractivity contribution in [3.8, 4) is 5.75 Å². The van der Waals surface area contributed by atoms with Crippen molar-refractivity contribution in [2.45, 2.75) is 26.0 Å². The fourth-order valence-electron chi connectivity index (χ4n) is 1.94. The number of nitrogens with one attached hydrogen (secondary N) is 1. The van der Waals surface area contributed by atoms with Crippen LogP contribution in [-0.4, -0.2) is 12.0 Å². The lowest BCUT2D eigenvalue weighted by molar-refractivity contribution is -0.127. The molecule has 0 aliphatic heterocycles. The van der Waals surface area contributed by atoms with E-state index in [0.29, 0.717) is 5.75 Å². The fourth-order valence-corrected chi connectivity index (χ4v) is 2.30. The molecule has 0 saturated carbocycles. The Morgan fingerprint density at radius 3 is 2.27 bits per heavy atom. The van der Waals surface area contributed by atoms with E-state index in [0.717, 1.165) is 9.13 Å². The highest BCUT2D eigenvalue weighted by molar-refractivity contribution is 14.1. The molecule has 2 atom stereocenters. The quantitative estimate of drug-likeness (QED) is 0.751. The van der Waals surface area contributed by atoms with Crippen molar-refractivity contribution in [3.05, 3.63) is 63.5 Å². The van der Waals surface area contributed by atoms with Crippen LogP contribution in [0.2, 0.25) is 0 Å². The van der Waals surface area contributed by atoms with Gasteiger partial charge in [-0.1, -0.05) is 12.1 Å². The number of benzene rings is 2. The van der Waals surface area contributed by atoms with Crippen LogP contribution in [0.15, 0.2) is 48.5 Å². The molecule has 0 heterocycles. The van der Waals surface area contributed by atoms with Crippen LogP contribution in [-0.2, 0) is 4.79 Å². The van der Waals surface area contributed by atoms with Gasteiger partial charge in [0, 0.05) is 3.57 Å². The Morgan fingerprint density at radius 1 is 1.09 bits per heavy atom. The third kappa shape index (κ3) is 4.69. The summed E-state index contributed by atoms with van der Waals surface area (Å²) >= 11 is 2.21. The van der Waals surface area contributed by atoms with Gasteiger partial charge in [0.25, 0.3) is 5.91 Å². The highest BCUT2D eigenvalue weighted by Gasteiger charge is 2.17. The van der Waals surface area contributed by atoms with Gasteiger partial charge in [-0.25, -0.2) is 4.39 Å². The SMILES string of the molecule is C[C@H](Oc1ccc(I)cc1)C(=O)N[C@H](C)c1ccc(F)cc1. The van der Waals surface area contributed by atoms with Crippen LogP contribution in [0.1, 0.15) is 25.5 Å². The lowest BCUT2D eigenvalue weighted by Gasteiger charge is -2.19. The molecule has 0 unspecified atom stereocenters. The van der Waals surface area contributed by atoms with Crippen LogP contribution in [0.3, 0.4) is 0 Å². The predicted octanol–water partition coefficient (Wildman–Crippen LogP) is 4.08. The summed E-state index contributed by atoms with van der Waals surface area (Å²) in [6.45, 7) is 3.55. The topological polar surface area (TPSA) is 38.3 Å². The molecule has 5 heteroatoms. The maximum atomic E-state index is 12.9. The molecular weight excluding hydrogens is 396 g/mol. The minimum Gasteiger partial charge on any atom is -0.481 e. The normalized spacial score (nSPS) is 13.3. The number of carbonyl (C=O) groups is 1. The van der Waals surface area contributed by atoms with Crippen molar-refractivity contribution in [2.24, 2.45) is 0 Å². The van der Waals surface area contributed by atoms with E-state index in [1.54, 1.807) is 19.1 Å². The lowest BCUT2D eigenvalue weighted by Crippen LogP contribution is -2.37. The van der Waals surface area contributed by atoms with E-state index < -0.39 is 6.10 Å². The van der Waals surface area contributed by atoms with Crippen molar-refractivity contribution in [3.63, 3.8) is 0 Å². The van der Waals surface area contributed by atoms with E-state index >= 15 is 0 Å². The monoisotopic (exact) mass is 413 g/mol. The standard InChI is InChI=1S/C17H17FINO2/c1-11(13-3-5-14(18)6-4-13)20-17(21)12(2)22-16-9-7-15(19)8-10-16/h3-12H,1-2H3,(H,20,21)/t11-,12+/m1/s1. The van der Waals surface area contributed by atoms with Gasteiger partial charge in [-0.3, -0.25) is 4.79 Å². The summed E-state index contributed by atoms with van der Waals surface area (Å²) in [4.78, 5) is 12.2. The molecule has 1 N–H and O–H groups in total. The Bertz CT molecular complexity index is 628. The van der Waals surface area contributed by atoms with Gasteiger partial charge in [0.2, 0.25) is 0 Å². The van der Waals surface area contributed by atoms with E-state index in [4.69, 9.17) is 4.74 Å². The highest BCUT2D eigenvalue weighted by Crippen LogP contribution is 2.16. The Hall–Kier alpha value is -1.63. The molecule has 0 fully saturated rings. The first kappa shape index (κ1) is 16.7. The first-order valence-electron chi connectivity index (χ1n) is 6.94. The average molecular weight is 413 g/mol. The summed E-state index contributed by atoms with van der Waals surface area (Å²) in [5, 5.41) is 2.86. The summed E-state index contributed by atoms with van der Waals surface area (Å²) in [6.07, 6.45) is -0.608. The van der Waals surface area contributed by atoms with Crippen molar-refractivity contribution >= 4 is 28.5 Å². The molecule has 3 nitrogen and oxygen atoms in total. The summed E-state index contributed by atoms with van der Waals surface area (Å²) < 4.78 is 19.6. The van der Waals surface area contributed by atoms with Gasteiger partial charge in [-0.2, -0.15) is 0 Å². The van der Waals surface area contributed by atoms with Gasteiger partial charge in [-0.05, 0) is 78.4 Å². The minimum atomic E-state index is -0.608. The molecule has 0 saturated heterocycles. The van der Waals surface area contributed by atoms with Crippen molar-refractivity contribution in [2.75, 3.05) is 0 Å². The molecule has 2 rings (SSSR count). The molecule has 0 bridgehead atoms. The first-order chi connectivity index (χ1) is 10.5. The lowest BCUT2D eigenvalue weighted by atomic mass is 10.1. The second-order valence-corrected chi connectivity index (χ2v) is 6.24. The number of amides is 1. The highest BCUT2D eigenvalue weighted by atomic mass is 127. The van der Waals surface area contributed by atoms with Crippen LogP contribution in [0.5, 0.6) is 5.75 Å². The van der Waals surface area contributed by atoms with Crippen LogP contribution < -0.4 is 10.1 Å². The third-order valence-corrected chi connectivity index (χ3v) is 3.94. The largest absolute Gasteiger partial charge is 0.481 e. The second-order valence-electron chi connectivity index (χ2n) is 5.00. The van der Waals surface area contributed by atoms with Gasteiger partial charge < -0.3 is 10.1 Å². The molecule has 0 radical (unpaired) electrons. The number of hydrogen-bond acceptors (Lipinski definition) is 2. The van der Waals surface area contributed by atoms with Crippen molar-refractivity contribution < 1.29 is 13.9 Å². The minimum absolute atomic E-state index is 0.212. The Labute approximate surface area is 143 Å². The van der Waals surface area contributed by atoms with Crippen LogP contribution in [0.4, 0.5) is 4.39 Å². The summed E-state index contributed by atoms with van der Waals surface area (Å²) in [7, 11) is 0. The van der Waals surface area contributed by atoms with Gasteiger partial charge in [-0.15, -0.1) is 0 Å². The molecule has 22 heavy (non-hydrogen) atoms. The van der Waals surface area contributed by atoms with Crippen LogP contribution in [0, 0.1) is 9.39 Å². The fraction of sp³-hybridized carbons (Fsp3) is 0.235. The first-order valence-corrected chi connectivity index (χ1v) is 8.01. The van der Waals surface area contributed by atoms with Crippen molar-refractivity contribution in [1.29, 1.82) is 0 Å². The summed E-state index contributed by atoms with van der Waals surface area (Å²) in [6, 6.07) is 13.4. The molecule has 0 aromatic heterocycles. The van der Waals surface area contributed by atoms with Crippen LogP contribution >= 0.6 is 22.6 Å². The number of rotatable bonds is 5. The number of halogens is 2. The number of ether oxygens (including phenoxy) is 1. The molecule has 0 aliphatic carbocycles. The average Bonchev–Trinajstić information content (AvgIpc) is 2.50. The number of carbonyl (C=O) groups excluding carboxylic acids is 1. The smallest absolute Gasteiger partial charge is 0.261 e. The summed E-state index contributed by atoms with van der Waals surface area (Å²) in [5.41, 5.74) is 0.844. The van der Waals surface area contributed by atoms with Gasteiger partial charge >= 0.3 is 0 Å². The molecule has 0 aliphatic rings. The molecule has 2 aromatic carbocycles. The third-order valence-electron chi connectivity index (χ3n) is 3.22.